The maximum atomic E-state index is 13.0. The van der Waals surface area contributed by atoms with E-state index >= 15 is 0 Å². The van der Waals surface area contributed by atoms with Crippen molar-refractivity contribution in [2.45, 2.75) is 62.7 Å². The van der Waals surface area contributed by atoms with Gasteiger partial charge in [0, 0.05) is 36.3 Å². The zero-order chi connectivity index (χ0) is 25.7. The summed E-state index contributed by atoms with van der Waals surface area (Å²) in [6.45, 7) is 2.34. The highest BCUT2D eigenvalue weighted by Crippen LogP contribution is 2.62. The predicted octanol–water partition coefficient (Wildman–Crippen LogP) is 4.00. The van der Waals surface area contributed by atoms with E-state index in [1.807, 2.05) is 36.4 Å². The van der Waals surface area contributed by atoms with Crippen LogP contribution in [0, 0.1) is 5.92 Å². The van der Waals surface area contributed by atoms with E-state index in [-0.39, 0.29) is 29.4 Å². The Morgan fingerprint density at radius 2 is 1.95 bits per heavy atom. The summed E-state index contributed by atoms with van der Waals surface area (Å²) in [7, 11) is 3.83. The number of ether oxygens (including phenoxy) is 4. The van der Waals surface area contributed by atoms with Crippen molar-refractivity contribution >= 4 is 11.9 Å². The molecule has 0 amide bonds. The summed E-state index contributed by atoms with van der Waals surface area (Å²) in [5.41, 5.74) is 3.25. The normalized spacial score (nSPS) is 28.7. The summed E-state index contributed by atoms with van der Waals surface area (Å²) in [4.78, 5) is 27.2. The maximum Gasteiger partial charge on any atom is 0.308 e. The quantitative estimate of drug-likeness (QED) is 0.321. The maximum absolute atomic E-state index is 13.0. The van der Waals surface area contributed by atoms with E-state index in [0.29, 0.717) is 30.4 Å². The molecule has 2 heterocycles. The summed E-state index contributed by atoms with van der Waals surface area (Å²) in [5, 5.41) is 0. The fraction of sp³-hybridized carbons (Fsp3) is 0.467. The smallest absolute Gasteiger partial charge is 0.308 e. The van der Waals surface area contributed by atoms with Crippen molar-refractivity contribution in [3.63, 3.8) is 0 Å². The van der Waals surface area contributed by atoms with E-state index in [1.165, 1.54) is 12.5 Å². The molecular formula is C30H33NO6. The zero-order valence-electron chi connectivity index (χ0n) is 21.6. The molecule has 5 atom stereocenters. The van der Waals surface area contributed by atoms with Crippen LogP contribution in [0.4, 0.5) is 0 Å². The molecule has 37 heavy (non-hydrogen) atoms. The molecule has 2 bridgehead atoms. The number of hydrogen-bond acceptors (Lipinski definition) is 7. The number of hydrogen-bond donors (Lipinski definition) is 0. The number of methoxy groups -OCH3 is 1. The Balaban J connectivity index is 1.23. The fourth-order valence-corrected chi connectivity index (χ4v) is 6.99. The highest BCUT2D eigenvalue weighted by molar-refractivity contribution is 5.73. The van der Waals surface area contributed by atoms with Crippen molar-refractivity contribution in [2.24, 2.45) is 5.92 Å². The van der Waals surface area contributed by atoms with E-state index in [2.05, 4.69) is 24.1 Å². The number of carbonyl (C=O) groups is 2. The Bertz CT molecular complexity index is 1250. The van der Waals surface area contributed by atoms with Crippen LogP contribution >= 0.6 is 0 Å². The third kappa shape index (κ3) is 3.91. The topological polar surface area (TPSA) is 74.3 Å². The second kappa shape index (κ2) is 9.21. The van der Waals surface area contributed by atoms with Crippen LogP contribution in [0.3, 0.4) is 0 Å². The van der Waals surface area contributed by atoms with E-state index in [1.54, 1.807) is 7.11 Å². The predicted molar refractivity (Wildman–Crippen MR) is 137 cm³/mol. The second-order valence-electron chi connectivity index (χ2n) is 10.7. The van der Waals surface area contributed by atoms with Gasteiger partial charge >= 0.3 is 11.9 Å². The lowest BCUT2D eigenvalue weighted by Gasteiger charge is -2.56. The number of aryl methyl sites for hydroxylation is 1. The van der Waals surface area contributed by atoms with Crippen LogP contribution in [0.1, 0.15) is 42.9 Å². The number of rotatable bonds is 7. The summed E-state index contributed by atoms with van der Waals surface area (Å²) in [6.07, 6.45) is 7.08. The molecule has 2 aromatic rings. The first kappa shape index (κ1) is 24.0. The SMILES string of the molecule is COc1ccc(CCCC(=O)OC2C=C[C@H]3[C@H]4Cc5ccc(OC(C)=O)c6c5[C@@]3(CCN4C)C2O6)cc1. The summed E-state index contributed by atoms with van der Waals surface area (Å²) < 4.78 is 23.4. The van der Waals surface area contributed by atoms with Gasteiger partial charge in [-0.1, -0.05) is 24.3 Å². The number of carbonyl (C=O) groups excluding carboxylic acids is 2. The highest BCUT2D eigenvalue weighted by atomic mass is 16.6. The minimum Gasteiger partial charge on any atom is -0.497 e. The summed E-state index contributed by atoms with van der Waals surface area (Å²) >= 11 is 0. The van der Waals surface area contributed by atoms with Crippen LogP contribution in [-0.2, 0) is 32.6 Å². The van der Waals surface area contributed by atoms with Gasteiger partial charge < -0.3 is 23.8 Å². The average molecular weight is 504 g/mol. The van der Waals surface area contributed by atoms with E-state index in [4.69, 9.17) is 18.9 Å². The van der Waals surface area contributed by atoms with Crippen LogP contribution in [0.15, 0.2) is 48.6 Å². The largest absolute Gasteiger partial charge is 0.497 e. The fourth-order valence-electron chi connectivity index (χ4n) is 6.99. The van der Waals surface area contributed by atoms with Crippen LogP contribution in [0.25, 0.3) is 0 Å². The standard InChI is InChI=1S/C30H33NO6/c1-18(32)35-24-13-9-20-17-23-22-12-14-25(29-30(22,15-16-31(23)2)27(20)28(24)37-29)36-26(33)6-4-5-19-7-10-21(34-3)11-8-19/h7-14,22-23,25,29H,4-6,15-17H2,1-3H3/t22-,23+,25?,29?,30-/m0/s1. The molecule has 194 valence electrons. The Morgan fingerprint density at radius 3 is 2.70 bits per heavy atom. The molecule has 2 unspecified atom stereocenters. The molecule has 1 fully saturated rings. The van der Waals surface area contributed by atoms with Crippen molar-refractivity contribution < 1.29 is 28.5 Å². The molecular weight excluding hydrogens is 470 g/mol. The van der Waals surface area contributed by atoms with Crippen molar-refractivity contribution in [1.29, 1.82) is 0 Å². The van der Waals surface area contributed by atoms with Crippen molar-refractivity contribution in [1.82, 2.24) is 4.90 Å². The monoisotopic (exact) mass is 503 g/mol. The number of esters is 2. The van der Waals surface area contributed by atoms with Gasteiger partial charge in [0.1, 0.15) is 11.9 Å². The van der Waals surface area contributed by atoms with Gasteiger partial charge in [-0.3, -0.25) is 9.59 Å². The summed E-state index contributed by atoms with van der Waals surface area (Å²) in [5.74, 6) is 1.58. The first-order chi connectivity index (χ1) is 17.9. The molecule has 0 N–H and O–H groups in total. The molecule has 7 nitrogen and oxygen atoms in total. The van der Waals surface area contributed by atoms with Crippen molar-refractivity contribution in [3.8, 4) is 17.2 Å². The molecule has 0 aromatic heterocycles. The van der Waals surface area contributed by atoms with E-state index in [0.717, 1.165) is 42.7 Å². The van der Waals surface area contributed by atoms with E-state index in [9.17, 15) is 9.59 Å². The first-order valence-electron chi connectivity index (χ1n) is 13.1. The molecule has 1 saturated heterocycles. The van der Waals surface area contributed by atoms with Crippen LogP contribution in [0.2, 0.25) is 0 Å². The Hall–Kier alpha value is -3.32. The third-order valence-electron chi connectivity index (χ3n) is 8.64. The minimum absolute atomic E-state index is 0.224. The number of nitrogens with zero attached hydrogens (tertiary/aromatic N) is 1. The van der Waals surface area contributed by atoms with Gasteiger partial charge in [-0.05, 0) is 74.7 Å². The molecule has 7 heteroatoms. The molecule has 1 spiro atoms. The Kier molecular flexibility index (Phi) is 5.98. The molecule has 2 aromatic carbocycles. The van der Waals surface area contributed by atoms with Gasteiger partial charge in [0.2, 0.25) is 0 Å². The number of likely N-dealkylation sites (N-methyl/N-ethyl adjacent to an activating group) is 1. The van der Waals surface area contributed by atoms with Gasteiger partial charge in [-0.2, -0.15) is 0 Å². The molecule has 0 saturated carbocycles. The van der Waals surface area contributed by atoms with Gasteiger partial charge in [-0.25, -0.2) is 0 Å². The highest BCUT2D eigenvalue weighted by Gasteiger charge is 2.65. The van der Waals surface area contributed by atoms with Crippen molar-refractivity contribution in [3.05, 3.63) is 65.2 Å². The van der Waals surface area contributed by atoms with Gasteiger partial charge in [0.25, 0.3) is 0 Å². The summed E-state index contributed by atoms with van der Waals surface area (Å²) in [6, 6.07) is 12.2. The lowest BCUT2D eigenvalue weighted by atomic mass is 9.53. The van der Waals surface area contributed by atoms with Gasteiger partial charge in [0.05, 0.1) is 7.11 Å². The number of likely N-dealkylation sites (tertiary alicyclic amines) is 1. The molecule has 2 aliphatic heterocycles. The van der Waals surface area contributed by atoms with Gasteiger partial charge in [0.15, 0.2) is 17.6 Å². The third-order valence-corrected chi connectivity index (χ3v) is 8.64. The first-order valence-corrected chi connectivity index (χ1v) is 13.1. The molecule has 2 aliphatic carbocycles. The zero-order valence-corrected chi connectivity index (χ0v) is 21.6. The van der Waals surface area contributed by atoms with Gasteiger partial charge in [-0.15, -0.1) is 0 Å². The van der Waals surface area contributed by atoms with Crippen LogP contribution < -0.4 is 14.2 Å². The van der Waals surface area contributed by atoms with Crippen molar-refractivity contribution in [2.75, 3.05) is 20.7 Å². The molecule has 4 aliphatic rings. The molecule has 0 radical (unpaired) electrons. The second-order valence-corrected chi connectivity index (χ2v) is 10.7. The lowest BCUT2D eigenvalue weighted by molar-refractivity contribution is -0.155. The Labute approximate surface area is 217 Å². The van der Waals surface area contributed by atoms with E-state index < -0.39 is 6.10 Å². The Morgan fingerprint density at radius 1 is 1.14 bits per heavy atom. The number of benzene rings is 2. The van der Waals surface area contributed by atoms with Crippen LogP contribution in [-0.4, -0.2) is 55.8 Å². The molecule has 6 rings (SSSR count). The average Bonchev–Trinajstić information content (AvgIpc) is 3.24. The van der Waals surface area contributed by atoms with Crippen LogP contribution in [0.5, 0.6) is 17.2 Å². The lowest BCUT2D eigenvalue weighted by Crippen LogP contribution is -2.65. The minimum atomic E-state index is -0.489. The number of piperidine rings is 1.